The number of aromatic nitrogens is 3. The van der Waals surface area contributed by atoms with E-state index < -0.39 is 48.1 Å². The van der Waals surface area contributed by atoms with Gasteiger partial charge >= 0.3 is 12.1 Å². The fraction of sp³-hybridized carbons (Fsp3) is 0.661. The highest BCUT2D eigenvalue weighted by Gasteiger charge is 2.55. The summed E-state index contributed by atoms with van der Waals surface area (Å²) in [5.41, 5.74) is 7.39. The first kappa shape index (κ1) is 54.4. The number of thiazole rings is 1. The first-order chi connectivity index (χ1) is 37.7. The molecule has 5 saturated heterocycles. The Labute approximate surface area is 465 Å². The van der Waals surface area contributed by atoms with E-state index in [0.717, 1.165) is 44.7 Å². The molecular weight excluding hydrogens is 1030 g/mol. The number of nitrogens with zero attached hydrogens (tertiary/aromatic N) is 8. The van der Waals surface area contributed by atoms with Crippen LogP contribution in [-0.4, -0.2) is 166 Å². The van der Waals surface area contributed by atoms with Crippen molar-refractivity contribution in [2.75, 3.05) is 70.4 Å². The largest absolute Gasteiger partial charge is 0.464 e. The molecule has 3 aromatic heterocycles. The molecule has 16 nitrogen and oxygen atoms in total. The number of hydrazine groups is 1. The summed E-state index contributed by atoms with van der Waals surface area (Å²) >= 11 is 1.36. The van der Waals surface area contributed by atoms with E-state index in [1.807, 2.05) is 76.2 Å². The van der Waals surface area contributed by atoms with Gasteiger partial charge in [-0.1, -0.05) is 47.6 Å². The fourth-order valence-corrected chi connectivity index (χ4v) is 14.7. The van der Waals surface area contributed by atoms with Gasteiger partial charge in [-0.3, -0.25) is 44.3 Å². The summed E-state index contributed by atoms with van der Waals surface area (Å²) in [5.74, 6) is -0.581. The van der Waals surface area contributed by atoms with Gasteiger partial charge < -0.3 is 24.4 Å². The number of amides is 3. The number of pyridine rings is 1. The Balaban J connectivity index is 0.875. The number of nitrogens with one attached hydrogen (secondary N) is 3. The Morgan fingerprint density at radius 1 is 0.949 bits per heavy atom. The third kappa shape index (κ3) is 11.3. The molecule has 3 N–H and O–H groups in total. The minimum Gasteiger partial charge on any atom is -0.464 e. The lowest BCUT2D eigenvalue weighted by Gasteiger charge is -2.37. The SMILES string of the molecule is CC(C)c1ncc(N2CCN(C3CC3)CC2)cc1-c1c2c3cc(ccc3n1CC(F)(F)F)-c1csc(n1)C[C@H](NC(=O)[C@H](C(C)C)N1CC[C@]3(CCN(C(=O)[C@@H]4N[C@@H]4C4CC4)C3)C1)C(=O)N1CCC[C@H](N1)C(=O)OCC(C)(C)C2. The molecule has 4 aromatic rings. The standard InChI is InChI=1S/C59H78F3N11O5S/c1-34(2)48-41(25-39(28-63-48)69-22-20-68(21-23-69)38-12-13-38)52-42-27-57(5,6)33-78-56(77)43-8-7-17-73(67-43)54(75)44(26-47-64-45(29-79-47)37-11-14-46(40(42)24-37)72(52)32-59(60,61)62)65-53(74)51(35(3)4)70-18-15-58(30-70)16-19-71(31-58)55(76)50-49(66-50)36-9-10-36/h11,14,24-25,28-29,34-36,38,43-44,49-51,66-67H,7-10,12-13,15-23,26-27,30-33H2,1-6H3,(H,65,74)/t43-,44-,49+,50+,51-,58-/m0/s1. The van der Waals surface area contributed by atoms with Gasteiger partial charge in [0.25, 0.3) is 5.91 Å². The first-order valence-electron chi connectivity index (χ1n) is 29.2. The number of hydrogen-bond donors (Lipinski definition) is 3. The Morgan fingerprint density at radius 3 is 2.44 bits per heavy atom. The summed E-state index contributed by atoms with van der Waals surface area (Å²) in [5, 5.41) is 11.2. The van der Waals surface area contributed by atoms with Crippen LogP contribution in [0.1, 0.15) is 115 Å². The first-order valence-corrected chi connectivity index (χ1v) is 30.1. The molecule has 8 aliphatic rings. The van der Waals surface area contributed by atoms with E-state index in [1.54, 1.807) is 6.07 Å². The Kier molecular flexibility index (Phi) is 14.5. The molecule has 20 heteroatoms. The van der Waals surface area contributed by atoms with Gasteiger partial charge in [-0.25, -0.2) is 10.4 Å². The predicted molar refractivity (Wildman–Crippen MR) is 297 cm³/mol. The molecular formula is C59H78F3N11O5S. The monoisotopic (exact) mass is 1110 g/mol. The van der Waals surface area contributed by atoms with Crippen LogP contribution in [0.4, 0.5) is 18.9 Å². The number of ether oxygens (including phenoxy) is 1. The maximum Gasteiger partial charge on any atom is 0.406 e. The number of halogens is 3. The van der Waals surface area contributed by atoms with Crippen LogP contribution in [0.5, 0.6) is 0 Å². The number of cyclic esters (lactones) is 1. The summed E-state index contributed by atoms with van der Waals surface area (Å²) in [4.78, 5) is 76.7. The van der Waals surface area contributed by atoms with Crippen LogP contribution in [-0.2, 0) is 43.3 Å². The zero-order chi connectivity index (χ0) is 55.3. The minimum absolute atomic E-state index is 0.0426. The third-order valence-electron chi connectivity index (χ3n) is 18.3. The van der Waals surface area contributed by atoms with Gasteiger partial charge in [0.05, 0.1) is 46.6 Å². The number of piperazine rings is 1. The van der Waals surface area contributed by atoms with Crippen molar-refractivity contribution in [3.63, 3.8) is 0 Å². The number of esters is 1. The second-order valence-corrected chi connectivity index (χ2v) is 26.8. The number of carbonyl (C=O) groups excluding carboxylic acids is 4. The van der Waals surface area contributed by atoms with E-state index in [4.69, 9.17) is 14.7 Å². The molecule has 6 aliphatic heterocycles. The molecule has 79 heavy (non-hydrogen) atoms. The molecule has 2 saturated carbocycles. The lowest BCUT2D eigenvalue weighted by molar-refractivity contribution is -0.155. The van der Waals surface area contributed by atoms with Gasteiger partial charge in [0, 0.05) is 109 Å². The quantitative estimate of drug-likeness (QED) is 0.103. The Hall–Kier alpha value is -5.15. The van der Waals surface area contributed by atoms with Crippen molar-refractivity contribution in [3.05, 3.63) is 52.1 Å². The van der Waals surface area contributed by atoms with E-state index in [-0.39, 0.29) is 54.6 Å². The number of alkyl halides is 3. The van der Waals surface area contributed by atoms with Gasteiger partial charge in [0.15, 0.2) is 0 Å². The minimum atomic E-state index is -4.57. The van der Waals surface area contributed by atoms with E-state index in [2.05, 4.69) is 30.8 Å². The normalized spacial score (nSPS) is 27.6. The zero-order valence-corrected chi connectivity index (χ0v) is 47.5. The topological polar surface area (TPSA) is 170 Å². The van der Waals surface area contributed by atoms with Crippen molar-refractivity contribution in [2.24, 2.45) is 22.7 Å². The highest BCUT2D eigenvalue weighted by atomic mass is 32.1. The van der Waals surface area contributed by atoms with Crippen LogP contribution in [0, 0.1) is 22.7 Å². The summed E-state index contributed by atoms with van der Waals surface area (Å²) < 4.78 is 52.9. The van der Waals surface area contributed by atoms with Crippen molar-refractivity contribution < 1.29 is 37.1 Å². The molecule has 1 spiro atoms. The predicted octanol–water partition coefficient (Wildman–Crippen LogP) is 7.14. The summed E-state index contributed by atoms with van der Waals surface area (Å²) in [6, 6.07) is 6.00. The number of rotatable bonds is 11. The number of likely N-dealkylation sites (tertiary alicyclic amines) is 2. The lowest BCUT2D eigenvalue weighted by atomic mass is 9.84. The summed E-state index contributed by atoms with van der Waals surface area (Å²) in [6.07, 6.45) is 5.16. The summed E-state index contributed by atoms with van der Waals surface area (Å²) in [7, 11) is 0. The highest BCUT2D eigenvalue weighted by Crippen LogP contribution is 2.46. The van der Waals surface area contributed by atoms with Crippen molar-refractivity contribution >= 4 is 51.6 Å². The number of anilines is 1. The van der Waals surface area contributed by atoms with Crippen molar-refractivity contribution in [2.45, 2.75) is 161 Å². The number of carbonyl (C=O) groups is 4. The Morgan fingerprint density at radius 2 is 1.72 bits per heavy atom. The molecule has 3 amide bonds. The molecule has 6 bridgehead atoms. The number of fused-ring (bicyclic) bond motifs is 6. The van der Waals surface area contributed by atoms with Crippen LogP contribution >= 0.6 is 11.3 Å². The third-order valence-corrected chi connectivity index (χ3v) is 19.2. The second kappa shape index (κ2) is 21.0. The van der Waals surface area contributed by atoms with Crippen LogP contribution < -0.4 is 21.0 Å². The highest BCUT2D eigenvalue weighted by molar-refractivity contribution is 7.10. The van der Waals surface area contributed by atoms with Crippen LogP contribution in [0.15, 0.2) is 35.8 Å². The summed E-state index contributed by atoms with van der Waals surface area (Å²) in [6.45, 7) is 17.2. The average molecular weight is 1110 g/mol. The van der Waals surface area contributed by atoms with Gasteiger partial charge in [-0.15, -0.1) is 11.3 Å². The number of benzene rings is 1. The van der Waals surface area contributed by atoms with Crippen molar-refractivity contribution in [1.82, 2.24) is 50.3 Å². The van der Waals surface area contributed by atoms with Crippen molar-refractivity contribution in [1.29, 1.82) is 0 Å². The van der Waals surface area contributed by atoms with Crippen molar-refractivity contribution in [3.8, 4) is 22.5 Å². The van der Waals surface area contributed by atoms with Gasteiger partial charge in [-0.2, -0.15) is 13.2 Å². The van der Waals surface area contributed by atoms with Gasteiger partial charge in [0.1, 0.15) is 24.7 Å². The van der Waals surface area contributed by atoms with Crippen LogP contribution in [0.2, 0.25) is 0 Å². The molecule has 9 heterocycles. The molecule has 12 rings (SSSR count). The molecule has 2 aliphatic carbocycles. The molecule has 1 aromatic carbocycles. The molecule has 7 fully saturated rings. The molecule has 426 valence electrons. The maximum absolute atomic E-state index is 15.1. The van der Waals surface area contributed by atoms with Gasteiger partial charge in [-0.05, 0) is 106 Å². The van der Waals surface area contributed by atoms with E-state index in [9.17, 15) is 19.2 Å². The second-order valence-electron chi connectivity index (χ2n) is 25.9. The zero-order valence-electron chi connectivity index (χ0n) is 46.7. The van der Waals surface area contributed by atoms with E-state index >= 15 is 13.2 Å². The van der Waals surface area contributed by atoms with Crippen LogP contribution in [0.25, 0.3) is 33.4 Å². The fourth-order valence-electron chi connectivity index (χ4n) is 13.8. The number of hydrogen-bond acceptors (Lipinski definition) is 13. The van der Waals surface area contributed by atoms with Gasteiger partial charge in [0.2, 0.25) is 11.8 Å². The van der Waals surface area contributed by atoms with Crippen LogP contribution in [0.3, 0.4) is 0 Å². The smallest absolute Gasteiger partial charge is 0.406 e. The van der Waals surface area contributed by atoms with E-state index in [1.165, 1.54) is 46.6 Å². The molecule has 0 unspecified atom stereocenters. The lowest BCUT2D eigenvalue weighted by Crippen LogP contribution is -2.62. The molecule has 0 radical (unpaired) electrons. The average Bonchev–Trinajstić information content (AvgIpc) is 4.56. The molecule has 6 atom stereocenters. The Bertz CT molecular complexity index is 3000. The maximum atomic E-state index is 15.1. The van der Waals surface area contributed by atoms with E-state index in [0.29, 0.717) is 113 Å².